The van der Waals surface area contributed by atoms with Crippen LogP contribution in [-0.4, -0.2) is 26.3 Å². The summed E-state index contributed by atoms with van der Waals surface area (Å²) < 4.78 is 8.03. The molecule has 1 aliphatic heterocycles. The van der Waals surface area contributed by atoms with Gasteiger partial charge in [0, 0.05) is 12.7 Å². The summed E-state index contributed by atoms with van der Waals surface area (Å²) in [6.45, 7) is 6.69. The molecule has 0 saturated heterocycles. The number of nitrogens with zero attached hydrogens (tertiary/aromatic N) is 4. The Labute approximate surface area is 181 Å². The van der Waals surface area contributed by atoms with Crippen molar-refractivity contribution in [3.8, 4) is 28.3 Å². The fourth-order valence-electron chi connectivity index (χ4n) is 3.85. The summed E-state index contributed by atoms with van der Waals surface area (Å²) >= 11 is 0. The summed E-state index contributed by atoms with van der Waals surface area (Å²) in [5, 5.41) is 8.24. The van der Waals surface area contributed by atoms with E-state index in [9.17, 15) is 0 Å². The van der Waals surface area contributed by atoms with Crippen molar-refractivity contribution in [3.63, 3.8) is 0 Å². The summed E-state index contributed by atoms with van der Waals surface area (Å²) in [7, 11) is 0. The van der Waals surface area contributed by atoms with Crippen molar-refractivity contribution < 1.29 is 4.74 Å². The Bertz CT molecular complexity index is 1170. The molecule has 0 bridgehead atoms. The molecule has 6 heteroatoms. The van der Waals surface area contributed by atoms with E-state index in [1.165, 1.54) is 5.56 Å². The maximum absolute atomic E-state index is 6.02. The molecule has 6 nitrogen and oxygen atoms in total. The molecule has 5 rings (SSSR count). The second-order valence-corrected chi connectivity index (χ2v) is 8.03. The fraction of sp³-hybridized carbons (Fsp3) is 0.240. The second kappa shape index (κ2) is 8.22. The van der Waals surface area contributed by atoms with Gasteiger partial charge in [-0.1, -0.05) is 50.2 Å². The van der Waals surface area contributed by atoms with Crippen LogP contribution in [0.2, 0.25) is 0 Å². The first kappa shape index (κ1) is 19.3. The van der Waals surface area contributed by atoms with Crippen LogP contribution in [0.4, 0.5) is 5.82 Å². The Hall–Kier alpha value is -3.67. The van der Waals surface area contributed by atoms with E-state index in [1.54, 1.807) is 12.5 Å². The van der Waals surface area contributed by atoms with Gasteiger partial charge < -0.3 is 10.1 Å². The van der Waals surface area contributed by atoms with Crippen molar-refractivity contribution in [2.45, 2.75) is 32.9 Å². The average molecular weight is 412 g/mol. The molecule has 0 saturated carbocycles. The van der Waals surface area contributed by atoms with Crippen LogP contribution >= 0.6 is 0 Å². The lowest BCUT2D eigenvalue weighted by Crippen LogP contribution is -1.98. The minimum absolute atomic E-state index is 0.537. The third-order valence-corrected chi connectivity index (χ3v) is 5.59. The lowest BCUT2D eigenvalue weighted by Gasteiger charge is -2.10. The zero-order valence-corrected chi connectivity index (χ0v) is 17.7. The van der Waals surface area contributed by atoms with Crippen LogP contribution in [0, 0.1) is 0 Å². The molecule has 0 amide bonds. The molecule has 31 heavy (non-hydrogen) atoms. The highest BCUT2D eigenvalue weighted by atomic mass is 16.5. The van der Waals surface area contributed by atoms with Gasteiger partial charge in [-0.3, -0.25) is 0 Å². The molecule has 1 aliphatic rings. The third kappa shape index (κ3) is 3.89. The van der Waals surface area contributed by atoms with Gasteiger partial charge >= 0.3 is 0 Å². The van der Waals surface area contributed by atoms with Gasteiger partial charge in [0.2, 0.25) is 0 Å². The van der Waals surface area contributed by atoms with E-state index in [1.807, 2.05) is 22.9 Å². The number of fused-ring (bicyclic) bond motifs is 1. The highest BCUT2D eigenvalue weighted by Crippen LogP contribution is 2.39. The summed E-state index contributed by atoms with van der Waals surface area (Å²) in [5.41, 5.74) is 6.33. The van der Waals surface area contributed by atoms with Crippen LogP contribution in [0.5, 0.6) is 5.75 Å². The van der Waals surface area contributed by atoms with Crippen LogP contribution in [0.25, 0.3) is 22.5 Å². The zero-order valence-electron chi connectivity index (χ0n) is 17.7. The van der Waals surface area contributed by atoms with Gasteiger partial charge in [-0.05, 0) is 40.8 Å². The highest BCUT2D eigenvalue weighted by molar-refractivity contribution is 5.88. The minimum atomic E-state index is 0.537. The van der Waals surface area contributed by atoms with Crippen molar-refractivity contribution in [2.75, 3.05) is 11.9 Å². The van der Waals surface area contributed by atoms with Crippen LogP contribution in [-0.2, 0) is 13.2 Å². The van der Waals surface area contributed by atoms with Crippen molar-refractivity contribution in [2.24, 2.45) is 0 Å². The number of rotatable bonds is 6. The lowest BCUT2D eigenvalue weighted by molar-refractivity contribution is 0.306. The molecule has 3 heterocycles. The van der Waals surface area contributed by atoms with Gasteiger partial charge in [0.05, 0.1) is 17.8 Å². The molecule has 156 valence electrons. The molecule has 1 N–H and O–H groups in total. The van der Waals surface area contributed by atoms with E-state index >= 15 is 0 Å². The number of anilines is 1. The largest absolute Gasteiger partial charge is 0.489 e. The normalized spacial score (nSPS) is 12.6. The first-order valence-electron chi connectivity index (χ1n) is 10.6. The highest BCUT2D eigenvalue weighted by Gasteiger charge is 2.24. The number of aromatic nitrogens is 4. The van der Waals surface area contributed by atoms with E-state index in [-0.39, 0.29) is 0 Å². The monoisotopic (exact) mass is 411 g/mol. The summed E-state index contributed by atoms with van der Waals surface area (Å²) in [6.07, 6.45) is 3.30. The molecule has 2 aromatic carbocycles. The Morgan fingerprint density at radius 3 is 2.55 bits per heavy atom. The predicted molar refractivity (Wildman–Crippen MR) is 122 cm³/mol. The zero-order chi connectivity index (χ0) is 21.2. The number of hydrogen-bond acceptors (Lipinski definition) is 5. The van der Waals surface area contributed by atoms with E-state index in [0.29, 0.717) is 12.5 Å². The van der Waals surface area contributed by atoms with Crippen LogP contribution in [0.15, 0.2) is 67.1 Å². The van der Waals surface area contributed by atoms with Crippen LogP contribution in [0.1, 0.15) is 30.9 Å². The molecule has 0 aliphatic carbocycles. The number of nitrogens with one attached hydrogen (secondary N) is 1. The van der Waals surface area contributed by atoms with Crippen LogP contribution < -0.4 is 10.1 Å². The van der Waals surface area contributed by atoms with Gasteiger partial charge in [-0.2, -0.15) is 5.10 Å². The Morgan fingerprint density at radius 2 is 1.84 bits per heavy atom. The quantitative estimate of drug-likeness (QED) is 0.476. The smallest absolute Gasteiger partial charge is 0.133 e. The molecule has 0 radical (unpaired) electrons. The fourth-order valence-corrected chi connectivity index (χ4v) is 3.85. The summed E-state index contributed by atoms with van der Waals surface area (Å²) in [4.78, 5) is 8.44. The second-order valence-electron chi connectivity index (χ2n) is 8.03. The third-order valence-electron chi connectivity index (χ3n) is 5.59. The Morgan fingerprint density at radius 1 is 1.03 bits per heavy atom. The van der Waals surface area contributed by atoms with Crippen LogP contribution in [0.3, 0.4) is 0 Å². The first-order valence-corrected chi connectivity index (χ1v) is 10.6. The standard InChI is InChI=1S/C25H25N5O/c1-17(2)19-5-3-18(4-6-19)15-31-21-9-7-20(8-10-21)23-24(22-11-12-26-16-28-22)29-30-14-13-27-25(23)30/h3-12,16-17,27H,13-15H2,1-2H3. The maximum atomic E-state index is 6.02. The van der Waals surface area contributed by atoms with Crippen molar-refractivity contribution in [3.05, 3.63) is 78.2 Å². The molecule has 0 unspecified atom stereocenters. The van der Waals surface area contributed by atoms with Gasteiger partial charge in [0.25, 0.3) is 0 Å². The van der Waals surface area contributed by atoms with E-state index < -0.39 is 0 Å². The van der Waals surface area contributed by atoms with Crippen molar-refractivity contribution in [1.29, 1.82) is 0 Å². The first-order chi connectivity index (χ1) is 15.2. The molecule has 0 fully saturated rings. The predicted octanol–water partition coefficient (Wildman–Crippen LogP) is 5.14. The van der Waals surface area contributed by atoms with Gasteiger partial charge in [0.1, 0.15) is 30.2 Å². The number of hydrogen-bond donors (Lipinski definition) is 1. The molecule has 4 aromatic rings. The molecular formula is C25H25N5O. The topological polar surface area (TPSA) is 64.9 Å². The molecule has 2 aromatic heterocycles. The average Bonchev–Trinajstić information content (AvgIpc) is 3.40. The minimum Gasteiger partial charge on any atom is -0.489 e. The maximum Gasteiger partial charge on any atom is 0.133 e. The number of ether oxygens (including phenoxy) is 1. The van der Waals surface area contributed by atoms with Crippen molar-refractivity contribution in [1.82, 2.24) is 19.7 Å². The van der Waals surface area contributed by atoms with E-state index in [2.05, 4.69) is 65.5 Å². The summed E-state index contributed by atoms with van der Waals surface area (Å²) in [5.74, 6) is 2.42. The van der Waals surface area contributed by atoms with E-state index in [4.69, 9.17) is 9.84 Å². The van der Waals surface area contributed by atoms with Gasteiger partial charge in [-0.25, -0.2) is 14.6 Å². The Kier molecular flexibility index (Phi) is 5.12. The molecule has 0 atom stereocenters. The van der Waals surface area contributed by atoms with Gasteiger partial charge in [0.15, 0.2) is 0 Å². The SMILES string of the molecule is CC(C)c1ccc(COc2ccc(-c3c(-c4ccncn4)nn4c3NCC4)cc2)cc1. The molecule has 0 spiro atoms. The van der Waals surface area contributed by atoms with E-state index in [0.717, 1.165) is 52.7 Å². The van der Waals surface area contributed by atoms with Crippen molar-refractivity contribution >= 4 is 5.82 Å². The lowest BCUT2D eigenvalue weighted by atomic mass is 10.0. The number of benzene rings is 2. The molecular weight excluding hydrogens is 386 g/mol. The van der Waals surface area contributed by atoms with Gasteiger partial charge in [-0.15, -0.1) is 0 Å². The summed E-state index contributed by atoms with van der Waals surface area (Å²) in [6, 6.07) is 18.7. The Balaban J connectivity index is 1.37.